The first kappa shape index (κ1) is 12.3. The Morgan fingerprint density at radius 1 is 1.71 bits per heavy atom. The Morgan fingerprint density at radius 3 is 3.18 bits per heavy atom. The molecule has 0 bridgehead atoms. The second-order valence-electron chi connectivity index (χ2n) is 3.76. The third kappa shape index (κ3) is 2.92. The Labute approximate surface area is 107 Å². The number of pyridine rings is 1. The molecule has 0 saturated carbocycles. The maximum Gasteiger partial charge on any atom is 0.325 e. The van der Waals surface area contributed by atoms with Crippen LogP contribution in [0.2, 0.25) is 0 Å². The van der Waals surface area contributed by atoms with E-state index in [1.807, 2.05) is 0 Å². The minimum atomic E-state index is -0.449. The van der Waals surface area contributed by atoms with E-state index >= 15 is 0 Å². The smallest absolute Gasteiger partial charge is 0.325 e. The van der Waals surface area contributed by atoms with E-state index in [1.54, 1.807) is 6.07 Å². The summed E-state index contributed by atoms with van der Waals surface area (Å²) in [6.45, 7) is 1.31. The normalized spacial score (nSPS) is 19.2. The number of hydrogen-bond acceptors (Lipinski definition) is 5. The molecule has 0 aromatic carbocycles. The molecule has 0 radical (unpaired) electrons. The van der Waals surface area contributed by atoms with E-state index in [4.69, 9.17) is 4.74 Å². The highest BCUT2D eigenvalue weighted by Crippen LogP contribution is 2.30. The molecule has 1 fully saturated rings. The van der Waals surface area contributed by atoms with Crippen molar-refractivity contribution in [3.05, 3.63) is 26.9 Å². The van der Waals surface area contributed by atoms with Crippen molar-refractivity contribution >= 4 is 27.4 Å². The first-order valence-electron chi connectivity index (χ1n) is 5.33. The number of ether oxygens (including phenoxy) is 1. The summed E-state index contributed by atoms with van der Waals surface area (Å²) >= 11 is 3.15. The van der Waals surface area contributed by atoms with Gasteiger partial charge in [-0.25, -0.2) is 4.98 Å². The number of aromatic nitrogens is 1. The van der Waals surface area contributed by atoms with Crippen LogP contribution < -0.4 is 5.32 Å². The minimum Gasteiger partial charge on any atom is -0.376 e. The molecule has 1 aliphatic rings. The molecule has 1 N–H and O–H groups in total. The summed E-state index contributed by atoms with van der Waals surface area (Å²) in [7, 11) is 0. The molecule has 2 rings (SSSR count). The molecule has 92 valence electrons. The number of hydrogen-bond donors (Lipinski definition) is 1. The first-order chi connectivity index (χ1) is 8.18. The molecule has 1 aliphatic heterocycles. The van der Waals surface area contributed by atoms with Crippen LogP contribution in [-0.2, 0) is 4.74 Å². The van der Waals surface area contributed by atoms with Gasteiger partial charge >= 0.3 is 5.69 Å². The molecule has 1 aromatic rings. The number of nitro groups is 1. The average Bonchev–Trinajstić information content (AvgIpc) is 2.78. The molecule has 1 aromatic heterocycles. The van der Waals surface area contributed by atoms with E-state index in [0.29, 0.717) is 11.0 Å². The predicted octanol–water partition coefficient (Wildman–Crippen LogP) is 2.34. The molecular formula is C10H12BrN3O3. The zero-order valence-electron chi connectivity index (χ0n) is 9.06. The van der Waals surface area contributed by atoms with Gasteiger partial charge in [0.25, 0.3) is 0 Å². The van der Waals surface area contributed by atoms with Crippen LogP contribution in [0.1, 0.15) is 12.8 Å². The molecule has 1 saturated heterocycles. The highest BCUT2D eigenvalue weighted by molar-refractivity contribution is 9.10. The van der Waals surface area contributed by atoms with Gasteiger partial charge in [-0.15, -0.1) is 0 Å². The van der Waals surface area contributed by atoms with Gasteiger partial charge in [0.2, 0.25) is 5.82 Å². The minimum absolute atomic E-state index is 0.0366. The maximum atomic E-state index is 10.9. The largest absolute Gasteiger partial charge is 0.376 e. The fourth-order valence-corrected chi connectivity index (χ4v) is 2.20. The van der Waals surface area contributed by atoms with Crippen LogP contribution in [0.5, 0.6) is 0 Å². The highest BCUT2D eigenvalue weighted by atomic mass is 79.9. The van der Waals surface area contributed by atoms with E-state index in [0.717, 1.165) is 19.4 Å². The lowest BCUT2D eigenvalue weighted by atomic mass is 10.2. The van der Waals surface area contributed by atoms with Crippen molar-refractivity contribution in [1.29, 1.82) is 0 Å². The van der Waals surface area contributed by atoms with Crippen molar-refractivity contribution in [1.82, 2.24) is 4.98 Å². The number of nitrogens with one attached hydrogen (secondary N) is 1. The SMILES string of the molecule is O=[N+]([O-])c1c(Br)ccnc1NC[C@@H]1CCCO1. The van der Waals surface area contributed by atoms with Crippen molar-refractivity contribution in [2.75, 3.05) is 18.5 Å². The van der Waals surface area contributed by atoms with Gasteiger partial charge in [0.15, 0.2) is 0 Å². The molecule has 0 unspecified atom stereocenters. The second-order valence-corrected chi connectivity index (χ2v) is 4.62. The van der Waals surface area contributed by atoms with Gasteiger partial charge in [-0.2, -0.15) is 0 Å². The van der Waals surface area contributed by atoms with E-state index in [2.05, 4.69) is 26.2 Å². The zero-order chi connectivity index (χ0) is 12.3. The van der Waals surface area contributed by atoms with E-state index < -0.39 is 4.92 Å². The zero-order valence-corrected chi connectivity index (χ0v) is 10.6. The fraction of sp³-hybridized carbons (Fsp3) is 0.500. The molecule has 0 amide bonds. The van der Waals surface area contributed by atoms with Gasteiger partial charge in [-0.05, 0) is 34.8 Å². The molecule has 7 heteroatoms. The highest BCUT2D eigenvalue weighted by Gasteiger charge is 2.21. The Kier molecular flexibility index (Phi) is 3.90. The lowest BCUT2D eigenvalue weighted by Crippen LogP contribution is -2.19. The molecule has 0 aliphatic carbocycles. The van der Waals surface area contributed by atoms with Gasteiger partial charge in [0, 0.05) is 19.3 Å². The van der Waals surface area contributed by atoms with E-state index in [-0.39, 0.29) is 17.6 Å². The van der Waals surface area contributed by atoms with Crippen molar-refractivity contribution in [3.8, 4) is 0 Å². The van der Waals surface area contributed by atoms with Crippen LogP contribution in [0.4, 0.5) is 11.5 Å². The lowest BCUT2D eigenvalue weighted by Gasteiger charge is -2.11. The standard InChI is InChI=1S/C10H12BrN3O3/c11-8-3-4-12-10(9(8)14(15)16)13-6-7-2-1-5-17-7/h3-4,7H,1-2,5-6H2,(H,12,13)/t7-/m0/s1. The number of nitrogens with zero attached hydrogens (tertiary/aromatic N) is 2. The number of anilines is 1. The van der Waals surface area contributed by atoms with Crippen molar-refractivity contribution in [2.45, 2.75) is 18.9 Å². The summed E-state index contributed by atoms with van der Waals surface area (Å²) in [6.07, 6.45) is 3.67. The first-order valence-corrected chi connectivity index (χ1v) is 6.12. The van der Waals surface area contributed by atoms with Crippen molar-refractivity contribution in [2.24, 2.45) is 0 Å². The van der Waals surface area contributed by atoms with Crippen molar-refractivity contribution in [3.63, 3.8) is 0 Å². The third-order valence-electron chi connectivity index (χ3n) is 2.58. The molecule has 1 atom stereocenters. The lowest BCUT2D eigenvalue weighted by molar-refractivity contribution is -0.385. The quantitative estimate of drug-likeness (QED) is 0.682. The Hall–Kier alpha value is -1.21. The van der Waals surface area contributed by atoms with Gasteiger partial charge in [-0.3, -0.25) is 10.1 Å². The summed E-state index contributed by atoms with van der Waals surface area (Å²) < 4.78 is 5.86. The predicted molar refractivity (Wildman–Crippen MR) is 66.1 cm³/mol. The van der Waals surface area contributed by atoms with Crippen molar-refractivity contribution < 1.29 is 9.66 Å². The Morgan fingerprint density at radius 2 is 2.53 bits per heavy atom. The van der Waals surface area contributed by atoms with Crippen LogP contribution in [0.25, 0.3) is 0 Å². The molecular weight excluding hydrogens is 290 g/mol. The van der Waals surface area contributed by atoms with E-state index in [1.165, 1.54) is 6.20 Å². The maximum absolute atomic E-state index is 10.9. The molecule has 17 heavy (non-hydrogen) atoms. The Bertz CT molecular complexity index is 421. The van der Waals surface area contributed by atoms with Crippen LogP contribution in [0.3, 0.4) is 0 Å². The third-order valence-corrected chi connectivity index (χ3v) is 3.22. The van der Waals surface area contributed by atoms with Crippen LogP contribution in [-0.4, -0.2) is 29.2 Å². The van der Waals surface area contributed by atoms with Gasteiger partial charge in [-0.1, -0.05) is 0 Å². The monoisotopic (exact) mass is 301 g/mol. The fourth-order valence-electron chi connectivity index (χ4n) is 1.75. The summed E-state index contributed by atoms with van der Waals surface area (Å²) in [5.41, 5.74) is -0.0366. The molecule has 6 nitrogen and oxygen atoms in total. The van der Waals surface area contributed by atoms with Crippen LogP contribution in [0.15, 0.2) is 16.7 Å². The average molecular weight is 302 g/mol. The second kappa shape index (κ2) is 5.42. The molecule has 0 spiro atoms. The van der Waals surface area contributed by atoms with Crippen LogP contribution in [0, 0.1) is 10.1 Å². The number of halogens is 1. The number of rotatable bonds is 4. The van der Waals surface area contributed by atoms with Gasteiger partial charge in [0.05, 0.1) is 11.0 Å². The Balaban J connectivity index is 2.09. The van der Waals surface area contributed by atoms with Crippen LogP contribution >= 0.6 is 15.9 Å². The van der Waals surface area contributed by atoms with E-state index in [9.17, 15) is 10.1 Å². The van der Waals surface area contributed by atoms with Gasteiger partial charge < -0.3 is 10.1 Å². The molecule has 2 heterocycles. The summed E-state index contributed by atoms with van der Waals surface area (Å²) in [6, 6.07) is 1.55. The summed E-state index contributed by atoms with van der Waals surface area (Å²) in [5, 5.41) is 13.9. The summed E-state index contributed by atoms with van der Waals surface area (Å²) in [4.78, 5) is 14.4. The topological polar surface area (TPSA) is 77.3 Å². The van der Waals surface area contributed by atoms with Gasteiger partial charge in [0.1, 0.15) is 4.47 Å². The summed E-state index contributed by atoms with van der Waals surface area (Å²) in [5.74, 6) is 0.278.